The Kier molecular flexibility index (Phi) is 4.84. The molecule has 0 saturated heterocycles. The van der Waals surface area contributed by atoms with Crippen LogP contribution in [0.5, 0.6) is 0 Å². The second-order valence-electron chi connectivity index (χ2n) is 8.09. The number of para-hydroxylation sites is 1. The molecule has 4 aromatic heterocycles. The van der Waals surface area contributed by atoms with Crippen LogP contribution in [0.4, 0.5) is 13.2 Å². The van der Waals surface area contributed by atoms with E-state index in [2.05, 4.69) is 14.5 Å². The molecule has 2 aromatic carbocycles. The van der Waals surface area contributed by atoms with Gasteiger partial charge in [-0.1, -0.05) is 42.5 Å². The molecule has 7 heteroatoms. The molecule has 6 aromatic rings. The number of pyridine rings is 3. The van der Waals surface area contributed by atoms with Crippen LogP contribution in [0.3, 0.4) is 0 Å². The first kappa shape index (κ1) is 21.0. The van der Waals surface area contributed by atoms with Crippen molar-refractivity contribution in [2.45, 2.75) is 6.18 Å². The van der Waals surface area contributed by atoms with E-state index in [9.17, 15) is 13.2 Å². The lowest BCUT2D eigenvalue weighted by Gasteiger charge is -2.10. The first-order valence-corrected chi connectivity index (χ1v) is 11.0. The van der Waals surface area contributed by atoms with Crippen molar-refractivity contribution in [2.75, 3.05) is 0 Å². The lowest BCUT2D eigenvalue weighted by atomic mass is 10.1. The van der Waals surface area contributed by atoms with E-state index in [-0.39, 0.29) is 0 Å². The summed E-state index contributed by atoms with van der Waals surface area (Å²) in [5.74, 6) is 0.725. The lowest BCUT2D eigenvalue weighted by Crippen LogP contribution is -2.04. The molecule has 0 bridgehead atoms. The Bertz CT molecular complexity index is 1630. The first-order valence-electron chi connectivity index (χ1n) is 11.0. The molecule has 0 atom stereocenters. The number of nitrogens with zero attached hydrogens (tertiary/aromatic N) is 4. The highest BCUT2D eigenvalue weighted by atomic mass is 19.4. The topological polar surface area (TPSA) is 43.6 Å². The van der Waals surface area contributed by atoms with Gasteiger partial charge in [-0.3, -0.25) is 9.55 Å². The normalized spacial score (nSPS) is 11.9. The number of halogens is 3. The number of rotatable bonds is 3. The van der Waals surface area contributed by atoms with Crippen LogP contribution in [0.15, 0.2) is 103 Å². The van der Waals surface area contributed by atoms with E-state index >= 15 is 0 Å². The van der Waals surface area contributed by atoms with Crippen LogP contribution in [0.25, 0.3) is 50.4 Å². The summed E-state index contributed by atoms with van der Waals surface area (Å²) in [6.07, 6.45) is -2.60. The Morgan fingerprint density at radius 1 is 0.600 bits per heavy atom. The zero-order valence-electron chi connectivity index (χ0n) is 18.2. The maximum atomic E-state index is 12.9. The monoisotopic (exact) mass is 466 g/mol. The molecule has 0 saturated carbocycles. The van der Waals surface area contributed by atoms with E-state index < -0.39 is 11.7 Å². The summed E-state index contributed by atoms with van der Waals surface area (Å²) >= 11 is 0. The van der Waals surface area contributed by atoms with Gasteiger partial charge in [-0.25, -0.2) is 9.97 Å². The molecular formula is C28H17F3N4. The van der Waals surface area contributed by atoms with Gasteiger partial charge in [-0.05, 0) is 54.6 Å². The maximum Gasteiger partial charge on any atom is 0.416 e. The first-order chi connectivity index (χ1) is 17.0. The van der Waals surface area contributed by atoms with Gasteiger partial charge in [0, 0.05) is 17.1 Å². The summed E-state index contributed by atoms with van der Waals surface area (Å²) in [7, 11) is 0. The summed E-state index contributed by atoms with van der Waals surface area (Å²) in [5, 5.41) is 1.04. The largest absolute Gasteiger partial charge is 0.416 e. The molecule has 0 aliphatic rings. The highest BCUT2D eigenvalue weighted by Crippen LogP contribution is 2.32. The van der Waals surface area contributed by atoms with E-state index in [1.165, 1.54) is 12.1 Å². The van der Waals surface area contributed by atoms with Gasteiger partial charge in [0.2, 0.25) is 0 Å². The summed E-state index contributed by atoms with van der Waals surface area (Å²) in [6.45, 7) is 0. The molecule has 0 aliphatic heterocycles. The van der Waals surface area contributed by atoms with Gasteiger partial charge < -0.3 is 0 Å². The summed E-state index contributed by atoms with van der Waals surface area (Å²) < 4.78 is 40.9. The minimum absolute atomic E-state index is 0.574. The Hall–Kier alpha value is -4.52. The molecule has 0 amide bonds. The average Bonchev–Trinajstić information content (AvgIpc) is 3.23. The molecule has 4 nitrogen and oxygen atoms in total. The van der Waals surface area contributed by atoms with Gasteiger partial charge in [-0.2, -0.15) is 13.2 Å². The van der Waals surface area contributed by atoms with Crippen molar-refractivity contribution in [3.05, 3.63) is 109 Å². The minimum atomic E-state index is -4.37. The van der Waals surface area contributed by atoms with Crippen molar-refractivity contribution in [3.63, 3.8) is 0 Å². The third kappa shape index (κ3) is 3.71. The van der Waals surface area contributed by atoms with Crippen LogP contribution in [-0.2, 0) is 6.18 Å². The molecule has 0 N–H and O–H groups in total. The highest BCUT2D eigenvalue weighted by molar-refractivity contribution is 6.06. The molecule has 35 heavy (non-hydrogen) atoms. The second-order valence-corrected chi connectivity index (χ2v) is 8.09. The second kappa shape index (κ2) is 8.06. The minimum Gasteiger partial charge on any atom is -0.292 e. The number of hydrogen-bond acceptors (Lipinski definition) is 3. The predicted octanol–water partition coefficient (Wildman–Crippen LogP) is 7.32. The summed E-state index contributed by atoms with van der Waals surface area (Å²) in [4.78, 5) is 14.1. The number of hydrogen-bond donors (Lipinski definition) is 0. The van der Waals surface area contributed by atoms with Gasteiger partial charge in [0.25, 0.3) is 0 Å². The van der Waals surface area contributed by atoms with Crippen LogP contribution < -0.4 is 0 Å². The van der Waals surface area contributed by atoms with Gasteiger partial charge >= 0.3 is 6.18 Å². The van der Waals surface area contributed by atoms with Crippen LogP contribution >= 0.6 is 0 Å². The number of fused-ring (bicyclic) bond motifs is 3. The van der Waals surface area contributed by atoms with Crippen molar-refractivity contribution in [2.24, 2.45) is 0 Å². The summed E-state index contributed by atoms with van der Waals surface area (Å²) in [5.41, 5.74) is 4.62. The molecule has 0 fully saturated rings. The van der Waals surface area contributed by atoms with E-state index in [0.29, 0.717) is 22.6 Å². The van der Waals surface area contributed by atoms with Gasteiger partial charge in [0.05, 0.1) is 39.2 Å². The molecule has 0 radical (unpaired) electrons. The van der Waals surface area contributed by atoms with Crippen molar-refractivity contribution in [3.8, 4) is 28.5 Å². The predicted molar refractivity (Wildman–Crippen MR) is 130 cm³/mol. The van der Waals surface area contributed by atoms with Crippen molar-refractivity contribution in [1.82, 2.24) is 19.5 Å². The molecule has 0 spiro atoms. The zero-order chi connectivity index (χ0) is 24.0. The third-order valence-corrected chi connectivity index (χ3v) is 5.91. The zero-order valence-corrected chi connectivity index (χ0v) is 18.2. The van der Waals surface area contributed by atoms with Crippen LogP contribution in [0.2, 0.25) is 0 Å². The molecule has 0 aliphatic carbocycles. The quantitative estimate of drug-likeness (QED) is 0.274. The lowest BCUT2D eigenvalue weighted by molar-refractivity contribution is -0.137. The number of alkyl halides is 3. The van der Waals surface area contributed by atoms with Crippen LogP contribution in [0.1, 0.15) is 5.56 Å². The Morgan fingerprint density at radius 2 is 1.29 bits per heavy atom. The fraction of sp³-hybridized carbons (Fsp3) is 0.0357. The van der Waals surface area contributed by atoms with Gasteiger partial charge in [0.15, 0.2) is 0 Å². The maximum absolute atomic E-state index is 12.9. The summed E-state index contributed by atoms with van der Waals surface area (Å²) in [6, 6.07) is 28.1. The average molecular weight is 466 g/mol. The van der Waals surface area contributed by atoms with E-state index in [1.807, 2.05) is 66.7 Å². The third-order valence-electron chi connectivity index (χ3n) is 5.91. The van der Waals surface area contributed by atoms with E-state index in [1.54, 1.807) is 12.3 Å². The standard InChI is InChI=1S/C28H17F3N4/c29-28(30,31)19-15-13-18(14-16-19)21-7-3-8-22(33-21)23-9-4-12-26(34-23)35-24-10-2-1-6-20(24)27-25(35)11-5-17-32-27/h1-17H. The van der Waals surface area contributed by atoms with Gasteiger partial charge in [0.1, 0.15) is 5.82 Å². The fourth-order valence-electron chi connectivity index (χ4n) is 4.29. The number of benzene rings is 2. The number of aromatic nitrogens is 4. The molecular weight excluding hydrogens is 449 g/mol. The van der Waals surface area contributed by atoms with Crippen LogP contribution in [0, 0.1) is 0 Å². The Labute approximate surface area is 198 Å². The fourth-order valence-corrected chi connectivity index (χ4v) is 4.29. The van der Waals surface area contributed by atoms with Crippen molar-refractivity contribution >= 4 is 21.9 Å². The SMILES string of the molecule is FC(F)(F)c1ccc(-c2cccc(-c3cccc(-n4c5ccccc5c5ncccc54)n3)n2)cc1. The smallest absolute Gasteiger partial charge is 0.292 e. The Morgan fingerprint density at radius 3 is 2.09 bits per heavy atom. The van der Waals surface area contributed by atoms with Crippen molar-refractivity contribution < 1.29 is 13.2 Å². The molecule has 170 valence electrons. The highest BCUT2D eigenvalue weighted by Gasteiger charge is 2.30. The van der Waals surface area contributed by atoms with E-state index in [4.69, 9.17) is 4.98 Å². The molecule has 6 rings (SSSR count). The van der Waals surface area contributed by atoms with Gasteiger partial charge in [-0.15, -0.1) is 0 Å². The molecule has 0 unspecified atom stereocenters. The van der Waals surface area contributed by atoms with Crippen molar-refractivity contribution in [1.29, 1.82) is 0 Å². The van der Waals surface area contributed by atoms with E-state index in [0.717, 1.165) is 39.9 Å². The Balaban J connectivity index is 1.44. The van der Waals surface area contributed by atoms with Crippen LogP contribution in [-0.4, -0.2) is 19.5 Å². The molecule has 4 heterocycles.